The predicted octanol–water partition coefficient (Wildman–Crippen LogP) is 5.70. The van der Waals surface area contributed by atoms with Crippen molar-refractivity contribution in [3.8, 4) is 0 Å². The molecule has 0 radical (unpaired) electrons. The lowest BCUT2D eigenvalue weighted by Crippen LogP contribution is -2.53. The van der Waals surface area contributed by atoms with Crippen LogP contribution in [0, 0.1) is 11.6 Å². The quantitative estimate of drug-likeness (QED) is 0.513. The number of piperazine rings is 1. The van der Waals surface area contributed by atoms with Gasteiger partial charge in [0, 0.05) is 37.4 Å². The number of carbonyl (C=O) groups is 2. The molecule has 2 aromatic carbocycles. The third kappa shape index (κ3) is 5.00. The van der Waals surface area contributed by atoms with E-state index in [1.54, 1.807) is 11.0 Å². The van der Waals surface area contributed by atoms with Crippen molar-refractivity contribution in [2.24, 2.45) is 0 Å². The lowest BCUT2D eigenvalue weighted by molar-refractivity contribution is -0.143. The molecule has 1 atom stereocenters. The fourth-order valence-electron chi connectivity index (χ4n) is 7.14. The summed E-state index contributed by atoms with van der Waals surface area (Å²) in [7, 11) is 0. The average Bonchev–Trinajstić information content (AvgIpc) is 3.71. The predicted molar refractivity (Wildman–Crippen MR) is 149 cm³/mol. The minimum absolute atomic E-state index is 0.0843. The molecule has 2 saturated carbocycles. The molecule has 6 nitrogen and oxygen atoms in total. The van der Waals surface area contributed by atoms with Crippen LogP contribution >= 0.6 is 0 Å². The second kappa shape index (κ2) is 10.8. The number of fused-ring (bicyclic) bond motifs is 2. The highest BCUT2D eigenvalue weighted by molar-refractivity contribution is 5.95. The fraction of sp³-hybridized carbons (Fsp3) is 0.562. The van der Waals surface area contributed by atoms with Crippen molar-refractivity contribution in [2.75, 3.05) is 31.5 Å². The number of carbonyl (C=O) groups excluding carboxylic acids is 2. The normalized spacial score (nSPS) is 23.8. The number of hydrogen-bond donors (Lipinski definition) is 2. The van der Waals surface area contributed by atoms with E-state index < -0.39 is 29.2 Å². The van der Waals surface area contributed by atoms with Crippen LogP contribution in [0.2, 0.25) is 0 Å². The fourth-order valence-corrected chi connectivity index (χ4v) is 7.14. The Hall–Kier alpha value is -3.00. The Morgan fingerprint density at radius 3 is 2.10 bits per heavy atom. The number of rotatable bonds is 3. The summed E-state index contributed by atoms with van der Waals surface area (Å²) in [4.78, 5) is 28.6. The van der Waals surface area contributed by atoms with E-state index in [4.69, 9.17) is 0 Å². The minimum Gasteiger partial charge on any atom is -0.380 e. The van der Waals surface area contributed by atoms with Gasteiger partial charge in [0.15, 0.2) is 11.6 Å². The molecule has 2 N–H and O–H groups in total. The summed E-state index contributed by atoms with van der Waals surface area (Å²) in [5.41, 5.74) is 0.914. The van der Waals surface area contributed by atoms with Gasteiger partial charge in [0.1, 0.15) is 5.60 Å². The van der Waals surface area contributed by atoms with Crippen LogP contribution in [-0.2, 0) is 10.2 Å². The first-order valence-corrected chi connectivity index (χ1v) is 15.0. The SMILES string of the molecule is O=C(c1ccc(C2CC3(CCCCCCCC3)c3ccccc3N2)c(F)c1F)N1CCN(C(=O)C2(O)CC2)CC1. The molecule has 8 heteroatoms. The summed E-state index contributed by atoms with van der Waals surface area (Å²) in [6.07, 6.45) is 10.8. The summed E-state index contributed by atoms with van der Waals surface area (Å²) < 4.78 is 31.3. The maximum Gasteiger partial charge on any atom is 0.257 e. The molecule has 40 heavy (non-hydrogen) atoms. The molecule has 2 aliphatic heterocycles. The zero-order chi connectivity index (χ0) is 27.9. The second-order valence-corrected chi connectivity index (χ2v) is 12.3. The van der Waals surface area contributed by atoms with Crippen molar-refractivity contribution in [3.05, 3.63) is 64.7 Å². The number of benzene rings is 2. The highest BCUT2D eigenvalue weighted by Gasteiger charge is 2.50. The van der Waals surface area contributed by atoms with Gasteiger partial charge in [-0.3, -0.25) is 9.59 Å². The monoisotopic (exact) mass is 551 g/mol. The summed E-state index contributed by atoms with van der Waals surface area (Å²) in [5, 5.41) is 13.6. The first-order chi connectivity index (χ1) is 19.3. The molecule has 1 saturated heterocycles. The van der Waals surface area contributed by atoms with Gasteiger partial charge in [0.05, 0.1) is 11.6 Å². The van der Waals surface area contributed by atoms with Gasteiger partial charge in [-0.15, -0.1) is 0 Å². The maximum absolute atomic E-state index is 15.8. The molecular weight excluding hydrogens is 512 g/mol. The number of nitrogens with one attached hydrogen (secondary N) is 1. The molecule has 3 fully saturated rings. The van der Waals surface area contributed by atoms with Crippen LogP contribution in [0.25, 0.3) is 0 Å². The van der Waals surface area contributed by atoms with Gasteiger partial charge in [0.25, 0.3) is 11.8 Å². The van der Waals surface area contributed by atoms with Gasteiger partial charge in [0.2, 0.25) is 0 Å². The van der Waals surface area contributed by atoms with E-state index in [9.17, 15) is 14.7 Å². The van der Waals surface area contributed by atoms with Crippen LogP contribution in [0.15, 0.2) is 36.4 Å². The van der Waals surface area contributed by atoms with E-state index in [1.165, 1.54) is 42.2 Å². The lowest BCUT2D eigenvalue weighted by Gasteiger charge is -2.44. The van der Waals surface area contributed by atoms with E-state index in [1.807, 2.05) is 12.1 Å². The highest BCUT2D eigenvalue weighted by Crippen LogP contribution is 2.51. The van der Waals surface area contributed by atoms with Gasteiger partial charge in [-0.1, -0.05) is 62.8 Å². The Labute approximate surface area is 234 Å². The largest absolute Gasteiger partial charge is 0.380 e. The first-order valence-electron chi connectivity index (χ1n) is 15.0. The summed E-state index contributed by atoms with van der Waals surface area (Å²) in [6, 6.07) is 10.9. The number of halogens is 2. The highest BCUT2D eigenvalue weighted by atomic mass is 19.2. The number of amides is 2. The van der Waals surface area contributed by atoms with Gasteiger partial charge in [-0.2, -0.15) is 0 Å². The average molecular weight is 552 g/mol. The molecule has 2 amide bonds. The Morgan fingerprint density at radius 2 is 1.43 bits per heavy atom. The van der Waals surface area contributed by atoms with E-state index in [-0.39, 0.29) is 48.6 Å². The Kier molecular flexibility index (Phi) is 7.32. The molecule has 0 aromatic heterocycles. The molecular formula is C32H39F2N3O3. The molecule has 6 rings (SSSR count). The van der Waals surface area contributed by atoms with Crippen molar-refractivity contribution in [1.82, 2.24) is 9.80 Å². The van der Waals surface area contributed by atoms with Crippen molar-refractivity contribution in [3.63, 3.8) is 0 Å². The van der Waals surface area contributed by atoms with Crippen LogP contribution in [0.5, 0.6) is 0 Å². The van der Waals surface area contributed by atoms with E-state index >= 15 is 8.78 Å². The van der Waals surface area contributed by atoms with E-state index in [0.717, 1.165) is 31.4 Å². The van der Waals surface area contributed by atoms with Crippen molar-refractivity contribution in [1.29, 1.82) is 0 Å². The zero-order valence-electron chi connectivity index (χ0n) is 23.1. The van der Waals surface area contributed by atoms with E-state index in [0.29, 0.717) is 19.3 Å². The Bertz CT molecular complexity index is 1280. The molecule has 2 aromatic rings. The molecule has 0 bridgehead atoms. The van der Waals surface area contributed by atoms with Crippen LogP contribution < -0.4 is 5.32 Å². The van der Waals surface area contributed by atoms with Crippen LogP contribution in [0.1, 0.15) is 98.2 Å². The topological polar surface area (TPSA) is 72.9 Å². The molecule has 2 heterocycles. The first kappa shape index (κ1) is 27.2. The van der Waals surface area contributed by atoms with Gasteiger partial charge < -0.3 is 20.2 Å². The number of nitrogens with zero attached hydrogens (tertiary/aromatic N) is 2. The van der Waals surface area contributed by atoms with Crippen LogP contribution in [-0.4, -0.2) is 58.5 Å². The standard InChI is InChI=1S/C32H39F2N3O3/c33-27-22(26-21-31(13-7-3-1-2-4-8-14-31)24-9-5-6-10-25(24)35-26)11-12-23(28(27)34)29(38)36-17-19-37(20-18-36)30(39)32(40)15-16-32/h5-6,9-12,26,35,40H,1-4,7-8,13-21H2. The van der Waals surface area contributed by atoms with Crippen molar-refractivity contribution in [2.45, 2.75) is 87.7 Å². The molecule has 1 spiro atoms. The smallest absolute Gasteiger partial charge is 0.257 e. The third-order valence-electron chi connectivity index (χ3n) is 9.68. The molecule has 1 unspecified atom stereocenters. The molecule has 214 valence electrons. The summed E-state index contributed by atoms with van der Waals surface area (Å²) >= 11 is 0. The van der Waals surface area contributed by atoms with Crippen LogP contribution in [0.4, 0.5) is 14.5 Å². The summed E-state index contributed by atoms with van der Waals surface area (Å²) in [6.45, 7) is 0.963. The number of para-hydroxylation sites is 1. The van der Waals surface area contributed by atoms with E-state index in [2.05, 4.69) is 17.4 Å². The van der Waals surface area contributed by atoms with Gasteiger partial charge in [-0.25, -0.2) is 8.78 Å². The van der Waals surface area contributed by atoms with Gasteiger partial charge >= 0.3 is 0 Å². The van der Waals surface area contributed by atoms with Gasteiger partial charge in [-0.05, 0) is 55.2 Å². The number of hydrogen-bond acceptors (Lipinski definition) is 4. The van der Waals surface area contributed by atoms with Crippen LogP contribution in [0.3, 0.4) is 0 Å². The minimum atomic E-state index is -1.25. The zero-order valence-corrected chi connectivity index (χ0v) is 23.1. The Balaban J connectivity index is 1.22. The number of aliphatic hydroxyl groups is 1. The Morgan fingerprint density at radius 1 is 0.800 bits per heavy atom. The molecule has 4 aliphatic rings. The molecule has 2 aliphatic carbocycles. The van der Waals surface area contributed by atoms with Crippen molar-refractivity contribution < 1.29 is 23.5 Å². The second-order valence-electron chi connectivity index (χ2n) is 12.3. The summed E-state index contributed by atoms with van der Waals surface area (Å²) in [5.74, 6) is -2.96. The number of anilines is 1. The van der Waals surface area contributed by atoms with Crippen molar-refractivity contribution >= 4 is 17.5 Å². The lowest BCUT2D eigenvalue weighted by atomic mass is 9.66. The maximum atomic E-state index is 15.8. The third-order valence-corrected chi connectivity index (χ3v) is 9.68.